The van der Waals surface area contributed by atoms with Gasteiger partial charge in [0.25, 0.3) is 0 Å². The number of hydrogen-bond donors (Lipinski definition) is 1. The van der Waals surface area contributed by atoms with Crippen LogP contribution >= 0.6 is 0 Å². The summed E-state index contributed by atoms with van der Waals surface area (Å²) in [7, 11) is -2.33. The minimum absolute atomic E-state index is 0.109. The van der Waals surface area contributed by atoms with E-state index in [-0.39, 0.29) is 16.5 Å². The maximum Gasteiger partial charge on any atom is 0.337 e. The molecule has 21 heavy (non-hydrogen) atoms. The number of hydrogen-bond acceptors (Lipinski definition) is 5. The smallest absolute Gasteiger partial charge is 0.337 e. The second-order valence-corrected chi connectivity index (χ2v) is 7.10. The lowest BCUT2D eigenvalue weighted by Crippen LogP contribution is -2.51. The number of ether oxygens (including phenoxy) is 1. The first kappa shape index (κ1) is 15.9. The van der Waals surface area contributed by atoms with Crippen molar-refractivity contribution in [3.63, 3.8) is 0 Å². The molecule has 1 fully saturated rings. The van der Waals surface area contributed by atoms with Gasteiger partial charge in [-0.05, 0) is 31.5 Å². The number of carbonyl (C=O) groups is 1. The van der Waals surface area contributed by atoms with Crippen LogP contribution in [0.15, 0.2) is 23.1 Å². The highest BCUT2D eigenvalue weighted by Gasteiger charge is 2.30. The standard InChI is InChI=1S/C14H20N2O4S/c1-10-4-5-12(14(17)20-3)8-13(10)21(18,19)16-7-6-15-11(2)9-16/h4-5,8,11,15H,6-7,9H2,1-3H3/t11-/m1/s1. The highest BCUT2D eigenvalue weighted by Crippen LogP contribution is 2.22. The highest BCUT2D eigenvalue weighted by atomic mass is 32.2. The summed E-state index contributed by atoms with van der Waals surface area (Å²) >= 11 is 0. The third-order valence-corrected chi connectivity index (χ3v) is 5.57. The molecule has 7 heteroatoms. The average Bonchev–Trinajstić information content (AvgIpc) is 2.46. The van der Waals surface area contributed by atoms with Crippen molar-refractivity contribution in [2.75, 3.05) is 26.7 Å². The number of methoxy groups -OCH3 is 1. The van der Waals surface area contributed by atoms with Crippen molar-refractivity contribution < 1.29 is 17.9 Å². The van der Waals surface area contributed by atoms with Gasteiger partial charge < -0.3 is 10.1 Å². The van der Waals surface area contributed by atoms with E-state index in [0.717, 1.165) is 0 Å². The largest absolute Gasteiger partial charge is 0.465 e. The number of sulfonamides is 1. The molecular formula is C14H20N2O4S. The third kappa shape index (κ3) is 3.25. The topological polar surface area (TPSA) is 75.7 Å². The van der Waals surface area contributed by atoms with E-state index >= 15 is 0 Å². The molecular weight excluding hydrogens is 292 g/mol. The Bertz CT molecular complexity index is 642. The predicted molar refractivity (Wildman–Crippen MR) is 78.7 cm³/mol. The second-order valence-electron chi connectivity index (χ2n) is 5.19. The third-order valence-electron chi connectivity index (χ3n) is 3.56. The van der Waals surface area contributed by atoms with Gasteiger partial charge in [-0.25, -0.2) is 13.2 Å². The van der Waals surface area contributed by atoms with E-state index in [0.29, 0.717) is 25.2 Å². The zero-order chi connectivity index (χ0) is 15.6. The van der Waals surface area contributed by atoms with Crippen molar-refractivity contribution in [2.45, 2.75) is 24.8 Å². The average molecular weight is 312 g/mol. The van der Waals surface area contributed by atoms with Crippen LogP contribution in [0, 0.1) is 6.92 Å². The summed E-state index contributed by atoms with van der Waals surface area (Å²) in [6.45, 7) is 5.13. The van der Waals surface area contributed by atoms with Crippen molar-refractivity contribution in [3.8, 4) is 0 Å². The van der Waals surface area contributed by atoms with E-state index in [1.807, 2.05) is 6.92 Å². The molecule has 116 valence electrons. The normalized spacial score (nSPS) is 20.2. The minimum atomic E-state index is -3.60. The molecule has 2 rings (SSSR count). The molecule has 1 aromatic carbocycles. The van der Waals surface area contributed by atoms with Crippen molar-refractivity contribution in [2.24, 2.45) is 0 Å². The molecule has 0 saturated carbocycles. The van der Waals surface area contributed by atoms with Gasteiger partial charge in [0.1, 0.15) is 0 Å². The monoisotopic (exact) mass is 312 g/mol. The molecule has 1 heterocycles. The lowest BCUT2D eigenvalue weighted by atomic mass is 10.1. The molecule has 1 saturated heterocycles. The second kappa shape index (κ2) is 6.13. The number of nitrogens with zero attached hydrogens (tertiary/aromatic N) is 1. The zero-order valence-electron chi connectivity index (χ0n) is 12.4. The number of nitrogens with one attached hydrogen (secondary N) is 1. The van der Waals surface area contributed by atoms with E-state index in [1.54, 1.807) is 19.1 Å². The van der Waals surface area contributed by atoms with Crippen LogP contribution in [0.2, 0.25) is 0 Å². The van der Waals surface area contributed by atoms with Gasteiger partial charge in [-0.2, -0.15) is 4.31 Å². The Balaban J connectivity index is 2.41. The summed E-state index contributed by atoms with van der Waals surface area (Å²) in [5, 5.41) is 3.21. The minimum Gasteiger partial charge on any atom is -0.465 e. The molecule has 1 aromatic rings. The first-order chi connectivity index (χ1) is 9.86. The van der Waals surface area contributed by atoms with Crippen LogP contribution in [0.25, 0.3) is 0 Å². The van der Waals surface area contributed by atoms with E-state index < -0.39 is 16.0 Å². The molecule has 1 aliphatic rings. The van der Waals surface area contributed by atoms with Crippen molar-refractivity contribution in [1.29, 1.82) is 0 Å². The van der Waals surface area contributed by atoms with Gasteiger partial charge in [-0.1, -0.05) is 6.07 Å². The van der Waals surface area contributed by atoms with Crippen LogP contribution in [0.1, 0.15) is 22.8 Å². The Hall–Kier alpha value is -1.44. The molecule has 0 bridgehead atoms. The van der Waals surface area contributed by atoms with Crippen molar-refractivity contribution in [3.05, 3.63) is 29.3 Å². The van der Waals surface area contributed by atoms with Crippen LogP contribution in [0.4, 0.5) is 0 Å². The number of piperazine rings is 1. The quantitative estimate of drug-likeness (QED) is 0.834. The molecule has 0 unspecified atom stereocenters. The van der Waals surface area contributed by atoms with Crippen LogP contribution in [0.3, 0.4) is 0 Å². The number of esters is 1. The predicted octanol–water partition coefficient (Wildman–Crippen LogP) is 0.764. The van der Waals surface area contributed by atoms with E-state index in [2.05, 4.69) is 10.1 Å². The Morgan fingerprint density at radius 2 is 2.14 bits per heavy atom. The Morgan fingerprint density at radius 1 is 1.43 bits per heavy atom. The summed E-state index contributed by atoms with van der Waals surface area (Å²) in [6.07, 6.45) is 0. The summed E-state index contributed by atoms with van der Waals surface area (Å²) in [4.78, 5) is 11.8. The Labute approximate surface area is 125 Å². The lowest BCUT2D eigenvalue weighted by molar-refractivity contribution is 0.0600. The SMILES string of the molecule is COC(=O)c1ccc(C)c(S(=O)(=O)N2CCN[C@H](C)C2)c1. The molecule has 0 amide bonds. The van der Waals surface area contributed by atoms with Gasteiger partial charge in [-0.3, -0.25) is 0 Å². The van der Waals surface area contributed by atoms with Gasteiger partial charge >= 0.3 is 5.97 Å². The maximum atomic E-state index is 12.8. The zero-order valence-corrected chi connectivity index (χ0v) is 13.2. The summed E-state index contributed by atoms with van der Waals surface area (Å²) in [5.41, 5.74) is 0.860. The fourth-order valence-corrected chi connectivity index (χ4v) is 4.16. The van der Waals surface area contributed by atoms with E-state index in [1.165, 1.54) is 17.5 Å². The van der Waals surface area contributed by atoms with Crippen molar-refractivity contribution in [1.82, 2.24) is 9.62 Å². The van der Waals surface area contributed by atoms with E-state index in [9.17, 15) is 13.2 Å². The first-order valence-corrected chi connectivity index (χ1v) is 8.22. The van der Waals surface area contributed by atoms with Crippen LogP contribution in [0.5, 0.6) is 0 Å². The number of benzene rings is 1. The van der Waals surface area contributed by atoms with Crippen LogP contribution in [-0.2, 0) is 14.8 Å². The molecule has 0 radical (unpaired) electrons. The van der Waals surface area contributed by atoms with Crippen molar-refractivity contribution >= 4 is 16.0 Å². The summed E-state index contributed by atoms with van der Waals surface area (Å²) in [6, 6.07) is 4.70. The van der Waals surface area contributed by atoms with Gasteiger partial charge in [0.05, 0.1) is 17.6 Å². The van der Waals surface area contributed by atoms with Gasteiger partial charge in [0, 0.05) is 25.7 Å². The fourth-order valence-electron chi connectivity index (χ4n) is 2.38. The highest BCUT2D eigenvalue weighted by molar-refractivity contribution is 7.89. The maximum absolute atomic E-state index is 12.8. The van der Waals surface area contributed by atoms with Gasteiger partial charge in [-0.15, -0.1) is 0 Å². The molecule has 6 nitrogen and oxygen atoms in total. The number of carbonyl (C=O) groups excluding carboxylic acids is 1. The van der Waals surface area contributed by atoms with E-state index in [4.69, 9.17) is 0 Å². The number of aryl methyl sites for hydroxylation is 1. The van der Waals surface area contributed by atoms with Crippen LogP contribution < -0.4 is 5.32 Å². The summed E-state index contributed by atoms with van der Waals surface area (Å²) < 4.78 is 31.6. The van der Waals surface area contributed by atoms with Gasteiger partial charge in [0.15, 0.2) is 0 Å². The molecule has 0 spiro atoms. The Kier molecular flexibility index (Phi) is 4.65. The first-order valence-electron chi connectivity index (χ1n) is 6.78. The molecule has 0 aromatic heterocycles. The van der Waals surface area contributed by atoms with Crippen LogP contribution in [-0.4, -0.2) is 51.5 Å². The summed E-state index contributed by atoms with van der Waals surface area (Å²) in [5.74, 6) is -0.542. The number of rotatable bonds is 3. The lowest BCUT2D eigenvalue weighted by Gasteiger charge is -2.31. The van der Waals surface area contributed by atoms with Gasteiger partial charge in [0.2, 0.25) is 10.0 Å². The molecule has 1 aliphatic heterocycles. The molecule has 0 aliphatic carbocycles. The Morgan fingerprint density at radius 3 is 2.76 bits per heavy atom. The fraction of sp³-hybridized carbons (Fsp3) is 0.500. The molecule has 1 N–H and O–H groups in total. The molecule has 1 atom stereocenters.